The molecule has 0 bridgehead atoms. The van der Waals surface area contributed by atoms with E-state index in [1.165, 1.54) is 20.0 Å². The van der Waals surface area contributed by atoms with Crippen molar-refractivity contribution in [2.24, 2.45) is 5.92 Å². The molecule has 1 saturated carbocycles. The van der Waals surface area contributed by atoms with Gasteiger partial charge in [-0.05, 0) is 72.6 Å². The van der Waals surface area contributed by atoms with Crippen LogP contribution in [-0.4, -0.2) is 61.3 Å². The third-order valence-corrected chi connectivity index (χ3v) is 8.13. The number of nitrogens with zero attached hydrogens (tertiary/aromatic N) is 4. The third-order valence-electron chi connectivity index (χ3n) is 7.54. The largest absolute Gasteiger partial charge is 0.493 e. The maximum Gasteiger partial charge on any atom is 0.255 e. The number of ether oxygens (including phenoxy) is 2. The molecule has 0 aliphatic heterocycles. The Kier molecular flexibility index (Phi) is 8.74. The maximum atomic E-state index is 13.6. The van der Waals surface area contributed by atoms with Gasteiger partial charge in [0.25, 0.3) is 5.91 Å². The van der Waals surface area contributed by atoms with Crippen molar-refractivity contribution in [2.75, 3.05) is 42.4 Å². The highest BCUT2D eigenvalue weighted by Crippen LogP contribution is 2.39. The van der Waals surface area contributed by atoms with Crippen LogP contribution in [0.4, 0.5) is 17.2 Å². The van der Waals surface area contributed by atoms with Crippen LogP contribution in [0.2, 0.25) is 0 Å². The van der Waals surface area contributed by atoms with E-state index in [1.54, 1.807) is 48.5 Å². The quantitative estimate of drug-likeness (QED) is 0.197. The summed E-state index contributed by atoms with van der Waals surface area (Å²) in [5.41, 5.74) is 4.29. The lowest BCUT2D eigenvalue weighted by Gasteiger charge is -2.24. The van der Waals surface area contributed by atoms with Gasteiger partial charge in [0.2, 0.25) is 10.0 Å². The Labute approximate surface area is 263 Å². The molecule has 1 aliphatic carbocycles. The van der Waals surface area contributed by atoms with Crippen LogP contribution in [0, 0.1) is 12.8 Å². The van der Waals surface area contributed by atoms with Gasteiger partial charge >= 0.3 is 0 Å². The van der Waals surface area contributed by atoms with Crippen molar-refractivity contribution in [1.29, 1.82) is 0 Å². The molecule has 238 valence electrons. The number of nitrogens with one attached hydrogen (secondary N) is 3. The first-order valence-corrected chi connectivity index (χ1v) is 16.5. The van der Waals surface area contributed by atoms with Gasteiger partial charge in [0.1, 0.15) is 5.69 Å². The number of pyridine rings is 1. The van der Waals surface area contributed by atoms with Crippen LogP contribution in [-0.2, 0) is 15.4 Å². The van der Waals surface area contributed by atoms with Crippen molar-refractivity contribution in [2.45, 2.75) is 46.0 Å². The second-order valence-corrected chi connectivity index (χ2v) is 14.1. The van der Waals surface area contributed by atoms with E-state index in [0.717, 1.165) is 29.5 Å². The summed E-state index contributed by atoms with van der Waals surface area (Å²) < 4.78 is 39.4. The van der Waals surface area contributed by atoms with Gasteiger partial charge in [-0.2, -0.15) is 0 Å². The van der Waals surface area contributed by atoms with Crippen molar-refractivity contribution in [3.05, 3.63) is 65.5 Å². The number of benzene rings is 2. The highest BCUT2D eigenvalue weighted by Gasteiger charge is 2.24. The molecule has 1 amide bonds. The average Bonchev–Trinajstić information content (AvgIpc) is 3.68. The first-order valence-electron chi connectivity index (χ1n) is 14.6. The molecule has 1 fully saturated rings. The molecule has 2 aromatic heterocycles. The van der Waals surface area contributed by atoms with E-state index in [0.29, 0.717) is 40.1 Å². The predicted molar refractivity (Wildman–Crippen MR) is 175 cm³/mol. The van der Waals surface area contributed by atoms with Gasteiger partial charge in [0.15, 0.2) is 17.3 Å². The lowest BCUT2D eigenvalue weighted by molar-refractivity contribution is 0.102. The van der Waals surface area contributed by atoms with E-state index in [2.05, 4.69) is 30.7 Å². The van der Waals surface area contributed by atoms with E-state index >= 15 is 0 Å². The lowest BCUT2D eigenvalue weighted by Crippen LogP contribution is -2.18. The summed E-state index contributed by atoms with van der Waals surface area (Å²) in [5.74, 6) is 1.81. The van der Waals surface area contributed by atoms with Crippen LogP contribution in [0.3, 0.4) is 0 Å². The predicted octanol–water partition coefficient (Wildman–Crippen LogP) is 5.40. The Hall–Kier alpha value is -4.65. The number of methoxy groups -OCH3 is 2. The van der Waals surface area contributed by atoms with Crippen molar-refractivity contribution < 1.29 is 22.7 Å². The molecule has 13 heteroatoms. The molecule has 2 heterocycles. The summed E-state index contributed by atoms with van der Waals surface area (Å²) in [7, 11) is -0.580. The SMILES string of the molecule is COc1cc(-c2cn(-c3cc(C(=O)Nc4cc(C(C)(C)C)cc(NS(C)(=O)=O)c4OC)ccc3C)nn2)cnc1NCC1CC1. The van der Waals surface area contributed by atoms with Crippen LogP contribution in [0.15, 0.2) is 48.8 Å². The van der Waals surface area contributed by atoms with Crippen LogP contribution in [0.25, 0.3) is 16.9 Å². The number of sulfonamides is 1. The normalized spacial score (nSPS) is 13.3. The third kappa shape index (κ3) is 7.54. The first kappa shape index (κ1) is 31.8. The summed E-state index contributed by atoms with van der Waals surface area (Å²) in [6, 6.07) is 10.6. The standard InChI is InChI=1S/C32H39N7O5S/c1-19-8-11-21(31(40)35-24-14-23(32(2,3)4)15-25(29(24)44-6)37-45(7,41)42)12-27(19)39-18-26(36-38-39)22-13-28(43-5)30(34-17-22)33-16-20-9-10-20/h8,11-15,17-18,20,37H,9-10,16H2,1-7H3,(H,33,34)(H,35,40). The number of aryl methyl sites for hydroxylation is 1. The van der Waals surface area contributed by atoms with E-state index in [9.17, 15) is 13.2 Å². The fourth-order valence-corrected chi connectivity index (χ4v) is 5.34. The fraction of sp³-hybridized carbons (Fsp3) is 0.375. The first-order chi connectivity index (χ1) is 21.3. The van der Waals surface area contributed by atoms with Gasteiger partial charge in [-0.3, -0.25) is 9.52 Å². The summed E-state index contributed by atoms with van der Waals surface area (Å²) >= 11 is 0. The number of amides is 1. The summed E-state index contributed by atoms with van der Waals surface area (Å²) in [5, 5.41) is 15.0. The molecule has 5 rings (SSSR count). The monoisotopic (exact) mass is 633 g/mol. The van der Waals surface area contributed by atoms with Crippen molar-refractivity contribution in [3.63, 3.8) is 0 Å². The molecule has 0 atom stereocenters. The summed E-state index contributed by atoms with van der Waals surface area (Å²) in [4.78, 5) is 18.1. The molecule has 1 aliphatic rings. The Bertz CT molecular complexity index is 1840. The van der Waals surface area contributed by atoms with Crippen LogP contribution < -0.4 is 24.8 Å². The molecular weight excluding hydrogens is 594 g/mol. The average molecular weight is 634 g/mol. The van der Waals surface area contributed by atoms with Crippen molar-refractivity contribution in [1.82, 2.24) is 20.0 Å². The second-order valence-electron chi connectivity index (χ2n) is 12.3. The van der Waals surface area contributed by atoms with Crippen molar-refractivity contribution in [3.8, 4) is 28.4 Å². The van der Waals surface area contributed by atoms with Gasteiger partial charge in [-0.15, -0.1) is 5.10 Å². The van der Waals surface area contributed by atoms with E-state index in [4.69, 9.17) is 9.47 Å². The number of aromatic nitrogens is 4. The molecule has 4 aromatic rings. The number of hydrogen-bond donors (Lipinski definition) is 3. The van der Waals surface area contributed by atoms with Gasteiger partial charge in [-0.25, -0.2) is 18.1 Å². The number of hydrogen-bond acceptors (Lipinski definition) is 9. The molecule has 0 spiro atoms. The number of carbonyl (C=O) groups excluding carboxylic acids is 1. The van der Waals surface area contributed by atoms with Crippen LogP contribution in [0.1, 0.15) is 55.1 Å². The molecule has 0 radical (unpaired) electrons. The zero-order chi connectivity index (χ0) is 32.5. The van der Waals surface area contributed by atoms with Gasteiger partial charge in [-0.1, -0.05) is 32.1 Å². The Morgan fingerprint density at radius 3 is 2.44 bits per heavy atom. The molecule has 0 unspecified atom stereocenters. The Balaban J connectivity index is 1.42. The van der Waals surface area contributed by atoms with Crippen LogP contribution in [0.5, 0.6) is 11.5 Å². The van der Waals surface area contributed by atoms with E-state index in [1.807, 2.05) is 39.8 Å². The minimum atomic E-state index is -3.61. The summed E-state index contributed by atoms with van der Waals surface area (Å²) in [6.07, 6.45) is 7.04. The Morgan fingerprint density at radius 2 is 1.80 bits per heavy atom. The Morgan fingerprint density at radius 1 is 1.07 bits per heavy atom. The number of anilines is 3. The van der Waals surface area contributed by atoms with Gasteiger partial charge < -0.3 is 20.1 Å². The molecular formula is C32H39N7O5S. The minimum absolute atomic E-state index is 0.202. The zero-order valence-corrected chi connectivity index (χ0v) is 27.4. The lowest BCUT2D eigenvalue weighted by atomic mass is 9.86. The fourth-order valence-electron chi connectivity index (χ4n) is 4.79. The van der Waals surface area contributed by atoms with Gasteiger partial charge in [0.05, 0.1) is 43.7 Å². The molecule has 0 saturated heterocycles. The molecule has 45 heavy (non-hydrogen) atoms. The number of rotatable bonds is 11. The molecule has 2 aromatic carbocycles. The highest BCUT2D eigenvalue weighted by atomic mass is 32.2. The van der Waals surface area contributed by atoms with Crippen molar-refractivity contribution >= 4 is 33.1 Å². The zero-order valence-electron chi connectivity index (χ0n) is 26.6. The summed E-state index contributed by atoms with van der Waals surface area (Å²) in [6.45, 7) is 8.78. The minimum Gasteiger partial charge on any atom is -0.493 e. The second kappa shape index (κ2) is 12.4. The van der Waals surface area contributed by atoms with Crippen LogP contribution >= 0.6 is 0 Å². The van der Waals surface area contributed by atoms with E-state index in [-0.39, 0.29) is 16.9 Å². The topological polar surface area (TPSA) is 149 Å². The van der Waals surface area contributed by atoms with E-state index < -0.39 is 15.9 Å². The highest BCUT2D eigenvalue weighted by molar-refractivity contribution is 7.92. The maximum absolute atomic E-state index is 13.6. The number of carbonyl (C=O) groups is 1. The molecule has 12 nitrogen and oxygen atoms in total. The molecule has 3 N–H and O–H groups in total. The smallest absolute Gasteiger partial charge is 0.255 e. The van der Waals surface area contributed by atoms with Gasteiger partial charge in [0, 0.05) is 23.9 Å².